The average molecular weight is 371 g/mol. The van der Waals surface area contributed by atoms with Gasteiger partial charge < -0.3 is 20.4 Å². The predicted octanol–water partition coefficient (Wildman–Crippen LogP) is 2.15. The Balaban J connectivity index is 0.00000208. The van der Waals surface area contributed by atoms with Crippen molar-refractivity contribution in [3.05, 3.63) is 23.3 Å². The third kappa shape index (κ3) is 4.56. The van der Waals surface area contributed by atoms with Crippen molar-refractivity contribution in [1.29, 1.82) is 0 Å². The molecule has 3 N–H and O–H groups in total. The molecular weight excluding hydrogens is 352 g/mol. The number of hydrogen-bond acceptors (Lipinski definition) is 6. The molecular formula is C15H19ClN4O3S. The lowest BCUT2D eigenvalue weighted by Crippen LogP contribution is -2.35. The molecule has 9 heteroatoms. The van der Waals surface area contributed by atoms with Gasteiger partial charge in [-0.3, -0.25) is 9.59 Å². The highest BCUT2D eigenvalue weighted by molar-refractivity contribution is 7.14. The number of nitrogens with one attached hydrogen (secondary N) is 3. The van der Waals surface area contributed by atoms with Crippen LogP contribution in [0.25, 0.3) is 11.5 Å². The van der Waals surface area contributed by atoms with Crippen LogP contribution in [-0.4, -0.2) is 29.4 Å². The van der Waals surface area contributed by atoms with Gasteiger partial charge in [0.15, 0.2) is 10.9 Å². The molecule has 3 rings (SSSR count). The monoisotopic (exact) mass is 370 g/mol. The van der Waals surface area contributed by atoms with Crippen molar-refractivity contribution in [3.8, 4) is 11.5 Å². The molecule has 0 aromatic carbocycles. The van der Waals surface area contributed by atoms with Crippen molar-refractivity contribution in [2.24, 2.45) is 0 Å². The van der Waals surface area contributed by atoms with Gasteiger partial charge in [-0.25, -0.2) is 4.98 Å². The zero-order chi connectivity index (χ0) is 16.2. The minimum atomic E-state index is -0.129. The van der Waals surface area contributed by atoms with E-state index < -0.39 is 0 Å². The summed E-state index contributed by atoms with van der Waals surface area (Å²) in [7, 11) is 0. The molecule has 1 unspecified atom stereocenters. The van der Waals surface area contributed by atoms with Crippen LogP contribution in [0, 0.1) is 0 Å². The Kier molecular flexibility index (Phi) is 6.36. The number of carbonyl (C=O) groups is 2. The van der Waals surface area contributed by atoms with E-state index in [2.05, 4.69) is 20.9 Å². The van der Waals surface area contributed by atoms with Crippen LogP contribution in [-0.2, 0) is 16.1 Å². The van der Waals surface area contributed by atoms with Crippen LogP contribution in [0.2, 0.25) is 0 Å². The summed E-state index contributed by atoms with van der Waals surface area (Å²) in [6.45, 7) is 2.68. The van der Waals surface area contributed by atoms with Gasteiger partial charge >= 0.3 is 0 Å². The summed E-state index contributed by atoms with van der Waals surface area (Å²) >= 11 is 1.36. The maximum absolute atomic E-state index is 12.0. The van der Waals surface area contributed by atoms with Crippen molar-refractivity contribution in [3.63, 3.8) is 0 Å². The standard InChI is InChI=1S/C15H18N4O3S.ClH/c1-9(20)17-7-10-4-5-13(22-10)12-8-23-15(18-12)19-14(21)11-3-2-6-16-11;/h4-5,8,11,16H,2-3,6-7H2,1H3,(H,17,20)(H,18,19,21);1H. The Hall–Kier alpha value is -1.90. The second-order valence-electron chi connectivity index (χ2n) is 5.35. The number of hydrogen-bond donors (Lipinski definition) is 3. The highest BCUT2D eigenvalue weighted by Gasteiger charge is 2.22. The van der Waals surface area contributed by atoms with E-state index in [0.29, 0.717) is 28.9 Å². The number of halogens is 1. The lowest BCUT2D eigenvalue weighted by atomic mass is 10.2. The van der Waals surface area contributed by atoms with E-state index in [-0.39, 0.29) is 30.3 Å². The summed E-state index contributed by atoms with van der Waals surface area (Å²) in [5.74, 6) is 1.11. The third-order valence-electron chi connectivity index (χ3n) is 3.54. The molecule has 1 aliphatic heterocycles. The van der Waals surface area contributed by atoms with E-state index >= 15 is 0 Å². The number of anilines is 1. The fourth-order valence-corrected chi connectivity index (χ4v) is 3.07. The van der Waals surface area contributed by atoms with E-state index in [0.717, 1.165) is 19.4 Å². The minimum absolute atomic E-state index is 0. The highest BCUT2D eigenvalue weighted by Crippen LogP contribution is 2.26. The van der Waals surface area contributed by atoms with Gasteiger partial charge in [-0.15, -0.1) is 23.7 Å². The second kappa shape index (κ2) is 8.27. The molecule has 1 aliphatic rings. The molecule has 0 bridgehead atoms. The molecule has 2 amide bonds. The number of thiazole rings is 1. The van der Waals surface area contributed by atoms with Crippen LogP contribution >= 0.6 is 23.7 Å². The van der Waals surface area contributed by atoms with Gasteiger partial charge in [-0.05, 0) is 31.5 Å². The van der Waals surface area contributed by atoms with Gasteiger partial charge in [0.25, 0.3) is 0 Å². The molecule has 0 aliphatic carbocycles. The summed E-state index contributed by atoms with van der Waals surface area (Å²) in [6, 6.07) is 3.47. The Labute approximate surface area is 149 Å². The first kappa shape index (κ1) is 18.4. The zero-order valence-electron chi connectivity index (χ0n) is 13.1. The number of rotatable bonds is 5. The first-order chi connectivity index (χ1) is 11.1. The van der Waals surface area contributed by atoms with Gasteiger partial charge in [0, 0.05) is 12.3 Å². The summed E-state index contributed by atoms with van der Waals surface area (Å²) in [5.41, 5.74) is 0.666. The molecule has 24 heavy (non-hydrogen) atoms. The van der Waals surface area contributed by atoms with Crippen LogP contribution in [0.15, 0.2) is 21.9 Å². The molecule has 7 nitrogen and oxygen atoms in total. The first-order valence-electron chi connectivity index (χ1n) is 7.45. The quantitative estimate of drug-likeness (QED) is 0.749. The summed E-state index contributed by atoms with van der Waals surface area (Å²) < 4.78 is 5.64. The molecule has 3 heterocycles. The molecule has 0 saturated carbocycles. The van der Waals surface area contributed by atoms with Crippen molar-refractivity contribution in [2.45, 2.75) is 32.4 Å². The second-order valence-corrected chi connectivity index (χ2v) is 6.21. The normalized spacial score (nSPS) is 16.5. The predicted molar refractivity (Wildman–Crippen MR) is 94.2 cm³/mol. The first-order valence-corrected chi connectivity index (χ1v) is 8.33. The lowest BCUT2D eigenvalue weighted by molar-refractivity contribution is -0.119. The Morgan fingerprint density at radius 1 is 1.46 bits per heavy atom. The average Bonchev–Trinajstić information content (AvgIpc) is 3.25. The van der Waals surface area contributed by atoms with E-state index in [4.69, 9.17) is 4.42 Å². The van der Waals surface area contributed by atoms with E-state index in [9.17, 15) is 9.59 Å². The molecule has 0 radical (unpaired) electrons. The number of carbonyl (C=O) groups excluding carboxylic acids is 2. The fraction of sp³-hybridized carbons (Fsp3) is 0.400. The molecule has 2 aromatic rings. The Bertz CT molecular complexity index is 709. The zero-order valence-corrected chi connectivity index (χ0v) is 14.8. The number of amides is 2. The third-order valence-corrected chi connectivity index (χ3v) is 4.29. The SMILES string of the molecule is CC(=O)NCc1ccc(-c2csc(NC(=O)C3CCCN3)n2)o1.Cl. The summed E-state index contributed by atoms with van der Waals surface area (Å²) in [6.07, 6.45) is 1.87. The highest BCUT2D eigenvalue weighted by atomic mass is 35.5. The van der Waals surface area contributed by atoms with Crippen molar-refractivity contribution in [1.82, 2.24) is 15.6 Å². The molecule has 1 atom stereocenters. The molecule has 1 saturated heterocycles. The maximum atomic E-state index is 12.0. The Morgan fingerprint density at radius 2 is 2.29 bits per heavy atom. The lowest BCUT2D eigenvalue weighted by Gasteiger charge is -2.08. The molecule has 0 spiro atoms. The number of aromatic nitrogens is 1. The molecule has 2 aromatic heterocycles. The largest absolute Gasteiger partial charge is 0.458 e. The van der Waals surface area contributed by atoms with Gasteiger partial charge in [0.05, 0.1) is 12.6 Å². The van der Waals surface area contributed by atoms with Crippen LogP contribution < -0.4 is 16.0 Å². The van der Waals surface area contributed by atoms with Crippen LogP contribution in [0.1, 0.15) is 25.5 Å². The number of nitrogens with zero attached hydrogens (tertiary/aromatic N) is 1. The topological polar surface area (TPSA) is 96.3 Å². The van der Waals surface area contributed by atoms with Crippen LogP contribution in [0.4, 0.5) is 5.13 Å². The smallest absolute Gasteiger partial charge is 0.243 e. The fourth-order valence-electron chi connectivity index (χ4n) is 2.37. The summed E-state index contributed by atoms with van der Waals surface area (Å²) in [5, 5.41) is 11.0. The maximum Gasteiger partial charge on any atom is 0.243 e. The van der Waals surface area contributed by atoms with Crippen molar-refractivity contribution >= 4 is 40.7 Å². The Morgan fingerprint density at radius 3 is 3.00 bits per heavy atom. The summed E-state index contributed by atoms with van der Waals surface area (Å²) in [4.78, 5) is 27.3. The van der Waals surface area contributed by atoms with E-state index in [1.54, 1.807) is 12.1 Å². The van der Waals surface area contributed by atoms with Crippen LogP contribution in [0.5, 0.6) is 0 Å². The number of furan rings is 1. The van der Waals surface area contributed by atoms with E-state index in [1.165, 1.54) is 18.3 Å². The minimum Gasteiger partial charge on any atom is -0.458 e. The van der Waals surface area contributed by atoms with Gasteiger partial charge in [-0.2, -0.15) is 0 Å². The van der Waals surface area contributed by atoms with Gasteiger partial charge in [0.1, 0.15) is 11.5 Å². The molecule has 130 valence electrons. The van der Waals surface area contributed by atoms with Crippen molar-refractivity contribution in [2.75, 3.05) is 11.9 Å². The van der Waals surface area contributed by atoms with Gasteiger partial charge in [0.2, 0.25) is 11.8 Å². The van der Waals surface area contributed by atoms with E-state index in [1.807, 2.05) is 5.38 Å². The van der Waals surface area contributed by atoms with Crippen molar-refractivity contribution < 1.29 is 14.0 Å². The van der Waals surface area contributed by atoms with Gasteiger partial charge in [-0.1, -0.05) is 0 Å². The van der Waals surface area contributed by atoms with Crippen LogP contribution in [0.3, 0.4) is 0 Å². The molecule has 1 fully saturated rings.